The third-order valence-electron chi connectivity index (χ3n) is 4.99. The van der Waals surface area contributed by atoms with Gasteiger partial charge in [0.15, 0.2) is 5.65 Å². The van der Waals surface area contributed by atoms with Gasteiger partial charge in [-0.1, -0.05) is 0 Å². The molecule has 1 aromatic carbocycles. The molecule has 0 radical (unpaired) electrons. The largest absolute Gasteiger partial charge is 0.497 e. The van der Waals surface area contributed by atoms with Gasteiger partial charge in [-0.2, -0.15) is 10.2 Å². The van der Waals surface area contributed by atoms with Crippen LogP contribution in [0.1, 0.15) is 21.6 Å². The molecule has 0 aliphatic carbocycles. The molecule has 154 valence electrons. The van der Waals surface area contributed by atoms with Crippen LogP contribution in [0.4, 0.5) is 0 Å². The van der Waals surface area contributed by atoms with Gasteiger partial charge < -0.3 is 10.1 Å². The Labute approximate surface area is 174 Å². The van der Waals surface area contributed by atoms with Gasteiger partial charge in [-0.3, -0.25) is 14.2 Å². The molecular weight excluding hydrogens is 380 g/mol. The first kappa shape index (κ1) is 19.6. The summed E-state index contributed by atoms with van der Waals surface area (Å²) in [5.74, 6) is 0.611. The van der Waals surface area contributed by atoms with Crippen LogP contribution in [0.5, 0.6) is 5.75 Å². The highest BCUT2D eigenvalue weighted by Gasteiger charge is 2.19. The summed E-state index contributed by atoms with van der Waals surface area (Å²) < 4.78 is 8.76. The fourth-order valence-corrected chi connectivity index (χ4v) is 3.50. The van der Waals surface area contributed by atoms with Crippen LogP contribution in [0.15, 0.2) is 42.7 Å². The first-order valence-corrected chi connectivity index (χ1v) is 9.72. The normalized spacial score (nSPS) is 11.1. The van der Waals surface area contributed by atoms with Gasteiger partial charge in [-0.05, 0) is 49.7 Å². The lowest BCUT2D eigenvalue weighted by Crippen LogP contribution is -2.27. The number of nitrogens with one attached hydrogen (secondary N) is 1. The molecule has 0 fully saturated rings. The molecule has 30 heavy (non-hydrogen) atoms. The van der Waals surface area contributed by atoms with Gasteiger partial charge in [0.1, 0.15) is 5.75 Å². The molecular formula is C22H24N6O2. The summed E-state index contributed by atoms with van der Waals surface area (Å²) in [5.41, 5.74) is 4.71. The van der Waals surface area contributed by atoms with Crippen LogP contribution < -0.4 is 10.1 Å². The highest BCUT2D eigenvalue weighted by atomic mass is 16.5. The Kier molecular flexibility index (Phi) is 5.22. The number of aromatic nitrogens is 5. The van der Waals surface area contributed by atoms with Gasteiger partial charge in [-0.25, -0.2) is 4.98 Å². The minimum Gasteiger partial charge on any atom is -0.497 e. The third kappa shape index (κ3) is 3.76. The van der Waals surface area contributed by atoms with Crippen LogP contribution in [0.3, 0.4) is 0 Å². The average molecular weight is 404 g/mol. The zero-order valence-corrected chi connectivity index (χ0v) is 17.5. The van der Waals surface area contributed by atoms with E-state index in [1.807, 2.05) is 62.1 Å². The van der Waals surface area contributed by atoms with Crippen LogP contribution in [0.25, 0.3) is 22.3 Å². The maximum Gasteiger partial charge on any atom is 0.252 e. The predicted molar refractivity (Wildman–Crippen MR) is 115 cm³/mol. The molecule has 0 saturated carbocycles. The van der Waals surface area contributed by atoms with E-state index in [2.05, 4.69) is 15.5 Å². The molecule has 0 spiro atoms. The smallest absolute Gasteiger partial charge is 0.252 e. The molecule has 4 aromatic rings. The second-order valence-corrected chi connectivity index (χ2v) is 7.23. The van der Waals surface area contributed by atoms with E-state index in [9.17, 15) is 4.79 Å². The Balaban J connectivity index is 1.66. The van der Waals surface area contributed by atoms with Crippen molar-refractivity contribution in [3.05, 3.63) is 59.5 Å². The van der Waals surface area contributed by atoms with E-state index in [0.717, 1.165) is 28.0 Å². The van der Waals surface area contributed by atoms with Crippen molar-refractivity contribution in [2.24, 2.45) is 7.05 Å². The van der Waals surface area contributed by atoms with Gasteiger partial charge in [-0.15, -0.1) is 0 Å². The van der Waals surface area contributed by atoms with Gasteiger partial charge in [0, 0.05) is 25.4 Å². The lowest BCUT2D eigenvalue weighted by atomic mass is 10.0. The minimum atomic E-state index is -0.155. The van der Waals surface area contributed by atoms with Crippen molar-refractivity contribution in [1.82, 2.24) is 29.9 Å². The number of hydrogen-bond acceptors (Lipinski definition) is 5. The Hall–Kier alpha value is -3.68. The first-order valence-electron chi connectivity index (χ1n) is 9.72. The summed E-state index contributed by atoms with van der Waals surface area (Å²) >= 11 is 0. The number of fused-ring (bicyclic) bond motifs is 1. The van der Waals surface area contributed by atoms with E-state index >= 15 is 0 Å². The van der Waals surface area contributed by atoms with E-state index in [1.54, 1.807) is 18.0 Å². The Morgan fingerprint density at radius 1 is 1.20 bits per heavy atom. The molecule has 0 bridgehead atoms. The average Bonchev–Trinajstić information content (AvgIpc) is 3.29. The summed E-state index contributed by atoms with van der Waals surface area (Å²) in [7, 11) is 3.46. The zero-order chi connectivity index (χ0) is 21.3. The van der Waals surface area contributed by atoms with Crippen molar-refractivity contribution in [2.45, 2.75) is 20.4 Å². The number of nitrogens with zero attached hydrogens (tertiary/aromatic N) is 5. The quantitative estimate of drug-likeness (QED) is 0.534. The Morgan fingerprint density at radius 2 is 1.97 bits per heavy atom. The van der Waals surface area contributed by atoms with Crippen molar-refractivity contribution in [1.29, 1.82) is 0 Å². The monoisotopic (exact) mass is 404 g/mol. The number of methoxy groups -OCH3 is 1. The maximum atomic E-state index is 13.1. The summed E-state index contributed by atoms with van der Waals surface area (Å²) in [4.78, 5) is 17.8. The molecule has 8 nitrogen and oxygen atoms in total. The van der Waals surface area contributed by atoms with Crippen molar-refractivity contribution >= 4 is 16.9 Å². The van der Waals surface area contributed by atoms with Crippen molar-refractivity contribution in [3.8, 4) is 17.0 Å². The molecule has 3 aromatic heterocycles. The number of carbonyl (C=O) groups excluding carboxylic acids is 1. The standard InChI is InChI=1S/C22H24N6O2/c1-14-12-24-28(13-14)10-9-23-22(29)18-11-19(16-5-7-17(30-4)8-6-16)25-21-20(18)15(2)26-27(21)3/h5-8,11-13H,9-10H2,1-4H3,(H,23,29). The SMILES string of the molecule is COc1ccc(-c2cc(C(=O)NCCn3cc(C)cn3)c3c(C)nn(C)c3n2)cc1. The van der Waals surface area contributed by atoms with Crippen LogP contribution >= 0.6 is 0 Å². The molecule has 0 aliphatic heterocycles. The summed E-state index contributed by atoms with van der Waals surface area (Å²) in [6.45, 7) is 4.95. The fraction of sp³-hybridized carbons (Fsp3) is 0.273. The topological polar surface area (TPSA) is 86.9 Å². The van der Waals surface area contributed by atoms with E-state index in [-0.39, 0.29) is 5.91 Å². The molecule has 0 unspecified atom stereocenters. The number of benzene rings is 1. The Bertz CT molecular complexity index is 1210. The lowest BCUT2D eigenvalue weighted by molar-refractivity contribution is 0.0953. The van der Waals surface area contributed by atoms with Gasteiger partial charge in [0.05, 0.1) is 42.2 Å². The fourth-order valence-electron chi connectivity index (χ4n) is 3.50. The number of aryl methyl sites for hydroxylation is 3. The Morgan fingerprint density at radius 3 is 2.63 bits per heavy atom. The molecule has 3 heterocycles. The van der Waals surface area contributed by atoms with Crippen LogP contribution in [0, 0.1) is 13.8 Å². The van der Waals surface area contributed by atoms with Crippen LogP contribution in [-0.4, -0.2) is 44.1 Å². The van der Waals surface area contributed by atoms with Gasteiger partial charge >= 0.3 is 0 Å². The molecule has 1 N–H and O–H groups in total. The van der Waals surface area contributed by atoms with E-state index in [4.69, 9.17) is 9.72 Å². The minimum absolute atomic E-state index is 0.155. The molecule has 0 aliphatic rings. The number of amides is 1. The molecule has 1 amide bonds. The summed E-state index contributed by atoms with van der Waals surface area (Å²) in [6, 6.07) is 9.44. The number of rotatable bonds is 6. The van der Waals surface area contributed by atoms with Crippen molar-refractivity contribution < 1.29 is 9.53 Å². The summed E-state index contributed by atoms with van der Waals surface area (Å²) in [6.07, 6.45) is 3.75. The van der Waals surface area contributed by atoms with E-state index in [1.165, 1.54) is 0 Å². The highest BCUT2D eigenvalue weighted by Crippen LogP contribution is 2.27. The van der Waals surface area contributed by atoms with E-state index < -0.39 is 0 Å². The summed E-state index contributed by atoms with van der Waals surface area (Å²) in [5, 5.41) is 12.5. The number of ether oxygens (including phenoxy) is 1. The second kappa shape index (κ2) is 7.98. The molecule has 0 saturated heterocycles. The van der Waals surface area contributed by atoms with Crippen molar-refractivity contribution in [2.75, 3.05) is 13.7 Å². The van der Waals surface area contributed by atoms with E-state index in [0.29, 0.717) is 30.0 Å². The molecule has 4 rings (SSSR count). The van der Waals surface area contributed by atoms with Crippen LogP contribution in [0.2, 0.25) is 0 Å². The van der Waals surface area contributed by atoms with Gasteiger partial charge in [0.25, 0.3) is 5.91 Å². The zero-order valence-electron chi connectivity index (χ0n) is 17.5. The predicted octanol–water partition coefficient (Wildman–Crippen LogP) is 2.89. The highest BCUT2D eigenvalue weighted by molar-refractivity contribution is 6.07. The maximum absolute atomic E-state index is 13.1. The number of pyridine rings is 1. The lowest BCUT2D eigenvalue weighted by Gasteiger charge is -2.10. The molecule has 8 heteroatoms. The van der Waals surface area contributed by atoms with Crippen LogP contribution in [-0.2, 0) is 13.6 Å². The van der Waals surface area contributed by atoms with Gasteiger partial charge in [0.2, 0.25) is 0 Å². The molecule has 0 atom stereocenters. The van der Waals surface area contributed by atoms with Crippen molar-refractivity contribution in [3.63, 3.8) is 0 Å². The number of carbonyl (C=O) groups is 1. The number of hydrogen-bond donors (Lipinski definition) is 1. The first-order chi connectivity index (χ1) is 14.5. The second-order valence-electron chi connectivity index (χ2n) is 7.23. The third-order valence-corrected chi connectivity index (χ3v) is 4.99.